The fourth-order valence-electron chi connectivity index (χ4n) is 2.08. The average Bonchev–Trinajstić information content (AvgIpc) is 2.52. The summed E-state index contributed by atoms with van der Waals surface area (Å²) in [5.41, 5.74) is -0.455. The molecule has 1 amide bonds. The molecule has 0 aromatic heterocycles. The van der Waals surface area contributed by atoms with Gasteiger partial charge in [-0.1, -0.05) is 15.9 Å². The number of ether oxygens (including phenoxy) is 3. The molecule has 0 saturated carbocycles. The molecule has 0 aliphatic rings. The Kier molecular flexibility index (Phi) is 8.08. The molecule has 0 radical (unpaired) electrons. The molecule has 0 bridgehead atoms. The predicted molar refractivity (Wildman–Crippen MR) is 99.0 cm³/mol. The molecule has 144 valence electrons. The monoisotopic (exact) mass is 429 g/mol. The first-order chi connectivity index (χ1) is 12.1. The zero-order chi connectivity index (χ0) is 19.9. The molecule has 26 heavy (non-hydrogen) atoms. The molecule has 1 aromatic carbocycles. The molecule has 0 unspecified atom stereocenters. The van der Waals surface area contributed by atoms with Gasteiger partial charge in [0.2, 0.25) is 0 Å². The van der Waals surface area contributed by atoms with Crippen LogP contribution in [0.25, 0.3) is 0 Å². The van der Waals surface area contributed by atoms with Gasteiger partial charge in [-0.3, -0.25) is 9.59 Å². The molecule has 0 heterocycles. The molecular formula is C18H24BrNO6. The lowest BCUT2D eigenvalue weighted by Crippen LogP contribution is -2.44. The number of rotatable bonds is 7. The number of carbonyl (C=O) groups is 3. The van der Waals surface area contributed by atoms with Gasteiger partial charge in [-0.05, 0) is 45.9 Å². The van der Waals surface area contributed by atoms with Crippen molar-refractivity contribution in [2.24, 2.45) is 0 Å². The summed E-state index contributed by atoms with van der Waals surface area (Å²) in [5, 5.41) is 2.51. The first-order valence-corrected chi connectivity index (χ1v) is 8.89. The fourth-order valence-corrected chi connectivity index (χ4v) is 2.42. The van der Waals surface area contributed by atoms with E-state index in [1.54, 1.807) is 45.9 Å². The number of hydrogen-bond acceptors (Lipinski definition) is 6. The number of nitrogens with one attached hydrogen (secondary N) is 1. The van der Waals surface area contributed by atoms with Crippen LogP contribution in [0.4, 0.5) is 0 Å². The number of amides is 1. The van der Waals surface area contributed by atoms with E-state index in [1.165, 1.54) is 7.11 Å². The molecular weight excluding hydrogens is 406 g/mol. The molecule has 8 heteroatoms. The minimum absolute atomic E-state index is 0.244. The van der Waals surface area contributed by atoms with Crippen LogP contribution >= 0.6 is 15.9 Å². The maximum Gasteiger partial charge on any atom is 0.328 e. The highest BCUT2D eigenvalue weighted by Gasteiger charge is 2.28. The molecule has 1 atom stereocenters. The van der Waals surface area contributed by atoms with Crippen molar-refractivity contribution in [3.05, 3.63) is 28.2 Å². The number of hydrogen-bond donors (Lipinski definition) is 1. The van der Waals surface area contributed by atoms with E-state index in [4.69, 9.17) is 9.47 Å². The minimum Gasteiger partial charge on any atom is -0.493 e. The van der Waals surface area contributed by atoms with Gasteiger partial charge in [0.25, 0.3) is 5.91 Å². The molecule has 0 fully saturated rings. The van der Waals surface area contributed by atoms with Gasteiger partial charge in [-0.25, -0.2) is 4.79 Å². The van der Waals surface area contributed by atoms with Crippen LogP contribution in [0.2, 0.25) is 0 Å². The van der Waals surface area contributed by atoms with Gasteiger partial charge >= 0.3 is 11.9 Å². The maximum atomic E-state index is 12.6. The van der Waals surface area contributed by atoms with Gasteiger partial charge in [0.1, 0.15) is 17.4 Å². The Bertz CT molecular complexity index is 668. The van der Waals surface area contributed by atoms with E-state index in [1.807, 2.05) is 0 Å². The van der Waals surface area contributed by atoms with Crippen LogP contribution in [0.1, 0.15) is 44.5 Å². The third-order valence-corrected chi connectivity index (χ3v) is 3.56. The second kappa shape index (κ2) is 9.56. The van der Waals surface area contributed by atoms with Crippen LogP contribution in [0.15, 0.2) is 22.7 Å². The van der Waals surface area contributed by atoms with Crippen molar-refractivity contribution >= 4 is 33.8 Å². The summed E-state index contributed by atoms with van der Waals surface area (Å²) in [6.07, 6.45) is -0.337. The Morgan fingerprint density at radius 3 is 2.42 bits per heavy atom. The van der Waals surface area contributed by atoms with E-state index in [9.17, 15) is 14.4 Å². The molecule has 0 aliphatic heterocycles. The second-order valence-electron chi connectivity index (χ2n) is 6.41. The predicted octanol–water partition coefficient (Wildman–Crippen LogP) is 2.85. The number of methoxy groups -OCH3 is 1. The zero-order valence-electron chi connectivity index (χ0n) is 15.6. The van der Waals surface area contributed by atoms with Crippen molar-refractivity contribution in [2.45, 2.75) is 45.8 Å². The number of halogens is 1. The Balaban J connectivity index is 2.96. The van der Waals surface area contributed by atoms with Gasteiger partial charge < -0.3 is 19.5 Å². The highest BCUT2D eigenvalue weighted by atomic mass is 79.9. The first-order valence-electron chi connectivity index (χ1n) is 8.10. The van der Waals surface area contributed by atoms with Crippen LogP contribution in [0.5, 0.6) is 5.75 Å². The van der Waals surface area contributed by atoms with E-state index < -0.39 is 29.5 Å². The van der Waals surface area contributed by atoms with Crippen molar-refractivity contribution in [2.75, 3.05) is 13.7 Å². The highest BCUT2D eigenvalue weighted by molar-refractivity contribution is 9.10. The van der Waals surface area contributed by atoms with Gasteiger partial charge in [-0.15, -0.1) is 0 Å². The zero-order valence-corrected chi connectivity index (χ0v) is 17.1. The van der Waals surface area contributed by atoms with Crippen molar-refractivity contribution in [3.63, 3.8) is 0 Å². The summed E-state index contributed by atoms with van der Waals surface area (Å²) in [4.78, 5) is 36.6. The Hall–Kier alpha value is -2.09. The van der Waals surface area contributed by atoms with E-state index in [0.29, 0.717) is 12.4 Å². The second-order valence-corrected chi connectivity index (χ2v) is 7.33. The summed E-state index contributed by atoms with van der Waals surface area (Å²) in [7, 11) is 1.18. The first kappa shape index (κ1) is 22.0. The van der Waals surface area contributed by atoms with Crippen LogP contribution in [0, 0.1) is 0 Å². The SMILES string of the molecule is CCOc1cc(Br)ccc1C(=O)N[C@@H](CC(=O)OC(C)(C)C)C(=O)OC. The third-order valence-electron chi connectivity index (χ3n) is 3.07. The normalized spacial score (nSPS) is 12.1. The Morgan fingerprint density at radius 2 is 1.88 bits per heavy atom. The topological polar surface area (TPSA) is 90.9 Å². The van der Waals surface area contributed by atoms with Crippen molar-refractivity contribution in [3.8, 4) is 5.75 Å². The summed E-state index contributed by atoms with van der Waals surface area (Å²) in [6, 6.07) is 3.73. The molecule has 1 aromatic rings. The Morgan fingerprint density at radius 1 is 1.23 bits per heavy atom. The largest absolute Gasteiger partial charge is 0.493 e. The van der Waals surface area contributed by atoms with Crippen molar-refractivity contribution in [1.82, 2.24) is 5.32 Å². The summed E-state index contributed by atoms with van der Waals surface area (Å²) in [6.45, 7) is 7.31. The lowest BCUT2D eigenvalue weighted by Gasteiger charge is -2.22. The summed E-state index contributed by atoms with van der Waals surface area (Å²) in [5.74, 6) is -1.55. The van der Waals surface area contributed by atoms with Gasteiger partial charge in [0.15, 0.2) is 0 Å². The van der Waals surface area contributed by atoms with Crippen molar-refractivity contribution in [1.29, 1.82) is 0 Å². The standard InChI is InChI=1S/C18H24BrNO6/c1-6-25-14-9-11(19)7-8-12(14)16(22)20-13(17(23)24-5)10-15(21)26-18(2,3)4/h7-9,13H,6,10H2,1-5H3,(H,20,22)/t13-/m0/s1. The van der Waals surface area contributed by atoms with E-state index >= 15 is 0 Å². The van der Waals surface area contributed by atoms with Crippen LogP contribution in [0.3, 0.4) is 0 Å². The Labute approximate surface area is 161 Å². The van der Waals surface area contributed by atoms with Crippen LogP contribution in [-0.2, 0) is 19.1 Å². The number of benzene rings is 1. The summed E-state index contributed by atoms with van der Waals surface area (Å²) < 4.78 is 16.1. The average molecular weight is 430 g/mol. The van der Waals surface area contributed by atoms with E-state index in [0.717, 1.165) is 4.47 Å². The molecule has 0 spiro atoms. The van der Waals surface area contributed by atoms with Crippen LogP contribution in [-0.4, -0.2) is 43.2 Å². The molecule has 0 aliphatic carbocycles. The van der Waals surface area contributed by atoms with Gasteiger partial charge in [0, 0.05) is 4.47 Å². The smallest absolute Gasteiger partial charge is 0.328 e. The maximum absolute atomic E-state index is 12.6. The molecule has 1 rings (SSSR count). The number of carbonyl (C=O) groups excluding carboxylic acids is 3. The minimum atomic E-state index is -1.17. The third kappa shape index (κ3) is 7.03. The van der Waals surface area contributed by atoms with Crippen molar-refractivity contribution < 1.29 is 28.6 Å². The lowest BCUT2D eigenvalue weighted by molar-refractivity contribution is -0.158. The number of esters is 2. The molecule has 0 saturated heterocycles. The highest BCUT2D eigenvalue weighted by Crippen LogP contribution is 2.24. The van der Waals surface area contributed by atoms with Crippen LogP contribution < -0.4 is 10.1 Å². The fraction of sp³-hybridized carbons (Fsp3) is 0.500. The van der Waals surface area contributed by atoms with E-state index in [-0.39, 0.29) is 12.0 Å². The quantitative estimate of drug-likeness (QED) is 0.669. The van der Waals surface area contributed by atoms with Gasteiger partial charge in [-0.2, -0.15) is 0 Å². The van der Waals surface area contributed by atoms with E-state index in [2.05, 4.69) is 26.0 Å². The lowest BCUT2D eigenvalue weighted by atomic mass is 10.1. The molecule has 7 nitrogen and oxygen atoms in total. The van der Waals surface area contributed by atoms with Gasteiger partial charge in [0.05, 0.1) is 25.7 Å². The summed E-state index contributed by atoms with van der Waals surface area (Å²) >= 11 is 3.31. The molecule has 1 N–H and O–H groups in total.